The number of hydrogen-bond donors (Lipinski definition) is 10. The number of phenols is 1. The van der Waals surface area contributed by atoms with Gasteiger partial charge in [-0.05, 0) is 125 Å². The van der Waals surface area contributed by atoms with Crippen LogP contribution in [0.3, 0.4) is 0 Å². The molecule has 6 heterocycles. The molecule has 32 nitrogen and oxygen atoms in total. The van der Waals surface area contributed by atoms with Crippen molar-refractivity contribution in [1.82, 2.24) is 46.3 Å². The molecular formula is C89H112ClN11O21S. The molecule has 1 aliphatic carbocycles. The molecule has 5 aliphatic heterocycles. The van der Waals surface area contributed by atoms with Gasteiger partial charge in [0.05, 0.1) is 54.7 Å². The molecule has 11 N–H and O–H groups in total. The molecule has 10 amide bonds. The van der Waals surface area contributed by atoms with Crippen molar-refractivity contribution in [3.63, 3.8) is 0 Å². The number of rotatable bonds is 27. The van der Waals surface area contributed by atoms with Gasteiger partial charge in [0.25, 0.3) is 0 Å². The first-order valence-corrected chi connectivity index (χ1v) is 43.1. The lowest BCUT2D eigenvalue weighted by Gasteiger charge is -2.58. The number of methoxy groups -OCH3 is 2. The quantitative estimate of drug-likeness (QED) is 0.0134. The Morgan fingerprint density at radius 2 is 1.50 bits per heavy atom. The van der Waals surface area contributed by atoms with E-state index in [0.29, 0.717) is 36.0 Å². The number of esters is 1. The number of nitrogens with two attached hydrogens (primary N) is 1. The third kappa shape index (κ3) is 21.1. The molecule has 4 saturated heterocycles. The zero-order chi connectivity index (χ0) is 89.1. The second kappa shape index (κ2) is 40.4. The van der Waals surface area contributed by atoms with Gasteiger partial charge in [-0.15, -0.1) is 11.8 Å². The Morgan fingerprint density at radius 1 is 0.805 bits per heavy atom. The second-order valence-corrected chi connectivity index (χ2v) is 34.9. The number of phenolic OH excluding ortho intramolecular Hbond substituents is 1. The number of para-hydroxylation sites is 1. The van der Waals surface area contributed by atoms with Crippen LogP contribution in [0.4, 0.5) is 10.5 Å². The van der Waals surface area contributed by atoms with Crippen molar-refractivity contribution >= 4 is 117 Å². The number of amides is 10. The van der Waals surface area contributed by atoms with Gasteiger partial charge in [-0.2, -0.15) is 0 Å². The number of likely N-dealkylation sites (tertiary alicyclic amines) is 1. The number of carbonyl (C=O) groups is 13. The fraction of sp³-hybridized carbons (Fsp3) is 0.517. The summed E-state index contributed by atoms with van der Waals surface area (Å²) >= 11 is 8.00. The number of allylic oxidation sites excluding steroid dienone is 3. The molecule has 0 spiro atoms. The summed E-state index contributed by atoms with van der Waals surface area (Å²) in [5, 5.41) is 48.4. The number of nitrogens with zero attached hydrogens (tertiary/aromatic N) is 4. The lowest BCUT2D eigenvalue weighted by atomic mass is 9.57. The number of thioether (sulfide) groups is 1. The van der Waals surface area contributed by atoms with E-state index >= 15 is 28.8 Å². The maximum absolute atomic E-state index is 15.4. The Morgan fingerprint density at radius 3 is 2.20 bits per heavy atom. The molecule has 34 heteroatoms. The van der Waals surface area contributed by atoms with Gasteiger partial charge in [0, 0.05) is 127 Å². The normalized spacial score (nSPS) is 28.6. The summed E-state index contributed by atoms with van der Waals surface area (Å²) in [5.74, 6) is -12.7. The molecule has 5 aromatic rings. The maximum atomic E-state index is 15.4. The Kier molecular flexibility index (Phi) is 30.6. The van der Waals surface area contributed by atoms with Crippen molar-refractivity contribution in [2.45, 2.75) is 208 Å². The zero-order valence-electron chi connectivity index (χ0n) is 70.8. The summed E-state index contributed by atoms with van der Waals surface area (Å²) < 4.78 is 30.8. The predicted octanol–water partition coefficient (Wildman–Crippen LogP) is 5.53. The van der Waals surface area contributed by atoms with E-state index in [0.717, 1.165) is 48.5 Å². The van der Waals surface area contributed by atoms with Crippen molar-refractivity contribution in [3.05, 3.63) is 148 Å². The number of aliphatic hydroxyl groups excluding tert-OH is 1. The average molecular weight is 1740 g/mol. The molecular weight excluding hydrogens is 1630 g/mol. The fourth-order valence-corrected chi connectivity index (χ4v) is 19.0. The van der Waals surface area contributed by atoms with Crippen LogP contribution in [-0.2, 0) is 102 Å². The summed E-state index contributed by atoms with van der Waals surface area (Å²) in [6, 6.07) is 18.1. The van der Waals surface area contributed by atoms with E-state index in [1.807, 2.05) is 31.2 Å². The van der Waals surface area contributed by atoms with Gasteiger partial charge in [0.2, 0.25) is 53.2 Å². The van der Waals surface area contributed by atoms with Crippen LogP contribution in [0.1, 0.15) is 128 Å². The van der Waals surface area contributed by atoms with Gasteiger partial charge < -0.3 is 85.7 Å². The molecule has 123 heavy (non-hydrogen) atoms. The summed E-state index contributed by atoms with van der Waals surface area (Å²) in [6.45, 7) is 8.02. The number of ketones is 2. The number of imide groups is 1. The Balaban J connectivity index is 0.764. The van der Waals surface area contributed by atoms with E-state index in [2.05, 4.69) is 31.6 Å². The second-order valence-electron chi connectivity index (χ2n) is 33.2. The number of fused-ring (bicyclic) bond motifs is 5. The van der Waals surface area contributed by atoms with Crippen LogP contribution < -0.4 is 42.0 Å². The van der Waals surface area contributed by atoms with Crippen LogP contribution in [0.2, 0.25) is 5.02 Å². The lowest BCUT2D eigenvalue weighted by molar-refractivity contribution is -0.265. The fourth-order valence-electron chi connectivity index (χ4n) is 17.6. The van der Waals surface area contributed by atoms with E-state index in [1.54, 1.807) is 86.8 Å². The number of nitrogens with one attached hydrogen (secondary N) is 6. The van der Waals surface area contributed by atoms with Crippen molar-refractivity contribution < 1.29 is 101 Å². The minimum Gasteiger partial charge on any atom is -0.508 e. The van der Waals surface area contributed by atoms with Gasteiger partial charge in [-0.25, -0.2) is 9.59 Å². The van der Waals surface area contributed by atoms with Crippen molar-refractivity contribution in [2.75, 3.05) is 65.6 Å². The predicted molar refractivity (Wildman–Crippen MR) is 455 cm³/mol. The van der Waals surface area contributed by atoms with Crippen LogP contribution in [0, 0.1) is 23.7 Å². The number of epoxide rings is 1. The highest BCUT2D eigenvalue weighted by molar-refractivity contribution is 8.00. The topological polar surface area (TPSA) is 447 Å². The number of benzene rings is 4. The Labute approximate surface area is 723 Å². The van der Waals surface area contributed by atoms with Crippen LogP contribution >= 0.6 is 23.4 Å². The van der Waals surface area contributed by atoms with E-state index in [-0.39, 0.29) is 99.0 Å². The van der Waals surface area contributed by atoms with Crippen LogP contribution in [0.25, 0.3) is 10.9 Å². The molecule has 1 aromatic heterocycles. The first-order chi connectivity index (χ1) is 58.5. The molecule has 1 saturated carbocycles. The Bertz CT molecular complexity index is 4860. The number of hydrogen-bond acceptors (Lipinski definition) is 23. The van der Waals surface area contributed by atoms with Crippen LogP contribution in [0.5, 0.6) is 11.5 Å². The third-order valence-electron chi connectivity index (χ3n) is 24.8. The average Bonchev–Trinajstić information content (AvgIpc) is 1.50. The lowest BCUT2D eigenvalue weighted by Crippen LogP contribution is -2.79. The highest BCUT2D eigenvalue weighted by Gasteiger charge is 2.83. The number of aromatic amines is 1. The van der Waals surface area contributed by atoms with Crippen molar-refractivity contribution in [1.29, 1.82) is 0 Å². The van der Waals surface area contributed by atoms with Gasteiger partial charge >= 0.3 is 12.1 Å². The Hall–Kier alpha value is -10.6. The zero-order valence-corrected chi connectivity index (χ0v) is 72.4. The largest absolute Gasteiger partial charge is 0.508 e. The van der Waals surface area contributed by atoms with Gasteiger partial charge in [-0.3, -0.25) is 63.0 Å². The number of H-pyrrole nitrogens is 1. The van der Waals surface area contributed by atoms with E-state index in [9.17, 15) is 48.9 Å². The van der Waals surface area contributed by atoms with Crippen LogP contribution in [0.15, 0.2) is 121 Å². The van der Waals surface area contributed by atoms with E-state index < -0.39 is 203 Å². The van der Waals surface area contributed by atoms with E-state index in [4.69, 9.17) is 41.0 Å². The number of unbranched alkanes of at least 4 members (excludes halogenated alkanes) is 1. The maximum Gasteiger partial charge on any atom is 0.409 e. The number of Topliss-reactive ketones (excluding diaryl/α,β-unsaturated/α-hetero) is 2. The summed E-state index contributed by atoms with van der Waals surface area (Å²) in [4.78, 5) is 198. The number of carbonyl (C=O) groups excluding carboxylic acids is 13. The molecule has 0 radical (unpaired) electrons. The molecule has 5 fully saturated rings. The van der Waals surface area contributed by atoms with Gasteiger partial charge in [0.1, 0.15) is 52.5 Å². The van der Waals surface area contributed by atoms with Crippen molar-refractivity contribution in [3.8, 4) is 11.5 Å². The highest BCUT2D eigenvalue weighted by Crippen LogP contribution is 2.65. The smallest absolute Gasteiger partial charge is 0.409 e. The molecule has 17 atom stereocenters. The molecule has 6 aliphatic rings. The summed E-state index contributed by atoms with van der Waals surface area (Å²) in [5.41, 5.74) is 3.97. The standard InChI is InChI=1S/C89H112ClN11O21S/c1-49-20-18-26-70(119-10)89(117)78-77(120-86(116)97-89)50(2)79-87(5,121-79)88(78,47-74(109)99(7)65-41-55(38-49)42-68(118-9)75(65)90)122-85(115)51(3)98(6)72(107)33-37-123-69-46-73(108)101(84(69)114)36-19-35-92-71(106)32-31-64-67(105)45-57(39-54-27-29-59(103)30-28-54)81(111)94-62(43-58-48-93-61-25-15-14-24-60(58)61)66(104)44-56(23-16-17-34-91)80(110)96-76(52(4)102)82(112)95-63(83(113)100(64)8)40-53-21-12-11-13-22-53/h11-15,18,20-22,24-30,41-42,48,50-52,56-57,62-64,69-70,76-79,93,102-103,117H,16-17,19,23,31-40,43-47,91H2,1-10H3,(H,92,106)(H,94,111)(H,95,112)(H,96,110)(H,97,116)/b26-18+,49-20+/t50-,51+,52-,56-,57-,62-,63+,64+,69?,70-,76+,77?,78?,79+,87-,88-,89-/m1/s1. The SMILES string of the molecule is COc1cc2cc(c1Cl)N(C)C(=O)C[C@@]1(OC(=O)[C@H](C)N(C)C(=O)CCSC3CC(=O)N(CCCNC(=O)CC[C@H]4C(=O)C[C@@H](Cc5ccc(O)cc5)C(=O)N[C@H](Cc5c[nH]c6ccccc56)C(=O)C[C@@H](CCCCN)C(=O)N[C@@H]([C@@H](C)O)C(=O)N[C@@H](Cc5ccccc5)C(=O)N4C)C3=O)C3C(OC(=O)N[C@@]3(O)[C@H](OC)/C=C/C=C(\C)C2)[C@@H](C)[C@@H]2O[C@]21C. The minimum absolute atomic E-state index is 0.00458. The number of aromatic nitrogens is 1. The molecule has 11 rings (SSSR count). The number of likely N-dealkylation sites (N-methyl/N-ethyl adjacent to an activating group) is 2. The monoisotopic (exact) mass is 1740 g/mol. The first-order valence-electron chi connectivity index (χ1n) is 41.6. The number of alkyl carbamates (subject to hydrolysis) is 1. The number of anilines is 1. The highest BCUT2D eigenvalue weighted by atomic mass is 35.5. The molecule has 4 aromatic carbocycles. The van der Waals surface area contributed by atoms with Crippen LogP contribution in [-0.4, -0.2) is 249 Å². The number of halogens is 1. The minimum atomic E-state index is -2.46. The number of aromatic hydroxyl groups is 1. The third-order valence-corrected chi connectivity index (χ3v) is 26.4. The van der Waals surface area contributed by atoms with Crippen molar-refractivity contribution in [2.24, 2.45) is 29.4 Å². The summed E-state index contributed by atoms with van der Waals surface area (Å²) in [7, 11) is 6.93. The first kappa shape index (κ1) is 93.2. The van der Waals surface area contributed by atoms with Gasteiger partial charge in [0.15, 0.2) is 22.9 Å². The van der Waals surface area contributed by atoms with Gasteiger partial charge in [-0.1, -0.05) is 109 Å². The molecule has 3 unspecified atom stereocenters. The van der Waals surface area contributed by atoms with E-state index in [1.165, 1.54) is 72.3 Å². The number of ether oxygens (including phenoxy) is 5. The number of aliphatic hydroxyl groups is 2. The molecule has 662 valence electrons. The molecule has 2 bridgehead atoms. The summed E-state index contributed by atoms with van der Waals surface area (Å²) in [6.07, 6.45) is -1.10.